The summed E-state index contributed by atoms with van der Waals surface area (Å²) in [5.41, 5.74) is 0. The fraction of sp³-hybridized carbons (Fsp3) is 0.583. The molecular formula is C12H17O3-. The molecule has 3 heteroatoms. The van der Waals surface area contributed by atoms with E-state index >= 15 is 0 Å². The van der Waals surface area contributed by atoms with Gasteiger partial charge in [-0.25, -0.2) is 0 Å². The molecule has 0 saturated heterocycles. The van der Waals surface area contributed by atoms with E-state index in [4.69, 9.17) is 4.42 Å². The van der Waals surface area contributed by atoms with Gasteiger partial charge in [-0.15, -0.1) is 0 Å². The van der Waals surface area contributed by atoms with Crippen LogP contribution in [-0.4, -0.2) is 5.97 Å². The fourth-order valence-corrected chi connectivity index (χ4v) is 1.60. The van der Waals surface area contributed by atoms with Gasteiger partial charge < -0.3 is 14.3 Å². The molecule has 3 nitrogen and oxygen atoms in total. The normalized spacial score (nSPS) is 13.0. The van der Waals surface area contributed by atoms with Gasteiger partial charge in [-0.2, -0.15) is 0 Å². The number of carboxylic acid groups (broad SMARTS) is 1. The summed E-state index contributed by atoms with van der Waals surface area (Å²) in [4.78, 5) is 10.6. The van der Waals surface area contributed by atoms with Gasteiger partial charge in [0.2, 0.25) is 0 Å². The van der Waals surface area contributed by atoms with Crippen LogP contribution < -0.4 is 5.11 Å². The fourth-order valence-electron chi connectivity index (χ4n) is 1.60. The van der Waals surface area contributed by atoms with Gasteiger partial charge in [0.15, 0.2) is 0 Å². The molecule has 0 saturated carbocycles. The van der Waals surface area contributed by atoms with Crippen LogP contribution in [0.3, 0.4) is 0 Å². The molecule has 0 fully saturated rings. The van der Waals surface area contributed by atoms with E-state index in [0.717, 1.165) is 18.6 Å². The Morgan fingerprint density at radius 1 is 1.47 bits per heavy atom. The highest BCUT2D eigenvalue weighted by Gasteiger charge is 2.15. The van der Waals surface area contributed by atoms with Crippen molar-refractivity contribution in [3.8, 4) is 0 Å². The van der Waals surface area contributed by atoms with Crippen LogP contribution in [0.5, 0.6) is 0 Å². The second kappa shape index (κ2) is 5.59. The maximum Gasteiger partial charge on any atom is 0.107 e. The highest BCUT2D eigenvalue weighted by atomic mass is 16.4. The van der Waals surface area contributed by atoms with Crippen LogP contribution in [0.25, 0.3) is 0 Å². The molecule has 0 aliphatic carbocycles. The SMILES string of the molecule is CC(C)CC[C@H](CC(=O)[O-])c1ccco1. The topological polar surface area (TPSA) is 53.3 Å². The molecule has 1 aromatic rings. The van der Waals surface area contributed by atoms with E-state index in [-0.39, 0.29) is 12.3 Å². The third-order valence-corrected chi connectivity index (χ3v) is 2.45. The largest absolute Gasteiger partial charge is 0.550 e. The average Bonchev–Trinajstić information content (AvgIpc) is 2.63. The minimum absolute atomic E-state index is 0.0419. The average molecular weight is 209 g/mol. The minimum atomic E-state index is -1.01. The predicted octanol–water partition coefficient (Wildman–Crippen LogP) is 1.94. The van der Waals surface area contributed by atoms with Crippen molar-refractivity contribution < 1.29 is 14.3 Å². The summed E-state index contributed by atoms with van der Waals surface area (Å²) >= 11 is 0. The molecule has 0 aliphatic rings. The number of rotatable bonds is 6. The van der Waals surface area contributed by atoms with Crippen molar-refractivity contribution in [3.63, 3.8) is 0 Å². The lowest BCUT2D eigenvalue weighted by Gasteiger charge is -2.16. The van der Waals surface area contributed by atoms with Gasteiger partial charge in [-0.1, -0.05) is 20.3 Å². The molecule has 0 aliphatic heterocycles. The minimum Gasteiger partial charge on any atom is -0.550 e. The first-order valence-corrected chi connectivity index (χ1v) is 5.33. The van der Waals surface area contributed by atoms with Crippen molar-refractivity contribution in [2.24, 2.45) is 5.92 Å². The van der Waals surface area contributed by atoms with E-state index in [9.17, 15) is 9.90 Å². The second-order valence-corrected chi connectivity index (χ2v) is 4.26. The quantitative estimate of drug-likeness (QED) is 0.719. The molecule has 0 amide bonds. The summed E-state index contributed by atoms with van der Waals surface area (Å²) in [5, 5.41) is 10.6. The summed E-state index contributed by atoms with van der Waals surface area (Å²) in [6, 6.07) is 3.61. The van der Waals surface area contributed by atoms with Crippen LogP contribution in [0, 0.1) is 5.92 Å². The molecule has 1 heterocycles. The van der Waals surface area contributed by atoms with Crippen molar-refractivity contribution in [2.45, 2.75) is 39.0 Å². The molecule has 0 aromatic carbocycles. The van der Waals surface area contributed by atoms with Crippen LogP contribution >= 0.6 is 0 Å². The highest BCUT2D eigenvalue weighted by Crippen LogP contribution is 2.26. The molecule has 1 rings (SSSR count). The number of hydrogen-bond donors (Lipinski definition) is 0. The zero-order valence-electron chi connectivity index (χ0n) is 9.23. The van der Waals surface area contributed by atoms with Gasteiger partial charge in [0.1, 0.15) is 5.76 Å². The molecule has 0 radical (unpaired) electrons. The van der Waals surface area contributed by atoms with E-state index in [1.54, 1.807) is 12.3 Å². The number of aliphatic carboxylic acids is 1. The Balaban J connectivity index is 2.57. The molecule has 0 bridgehead atoms. The van der Waals surface area contributed by atoms with Crippen LogP contribution in [0.1, 0.15) is 44.8 Å². The molecular weight excluding hydrogens is 192 g/mol. The Hall–Kier alpha value is -1.25. The monoisotopic (exact) mass is 209 g/mol. The number of furan rings is 1. The molecule has 0 unspecified atom stereocenters. The second-order valence-electron chi connectivity index (χ2n) is 4.26. The van der Waals surface area contributed by atoms with Crippen LogP contribution in [0.2, 0.25) is 0 Å². The lowest BCUT2D eigenvalue weighted by Crippen LogP contribution is -2.24. The van der Waals surface area contributed by atoms with Gasteiger partial charge in [0, 0.05) is 11.9 Å². The lowest BCUT2D eigenvalue weighted by atomic mass is 9.93. The zero-order chi connectivity index (χ0) is 11.3. The Labute approximate surface area is 90.1 Å². The maximum atomic E-state index is 10.6. The Morgan fingerprint density at radius 3 is 2.67 bits per heavy atom. The van der Waals surface area contributed by atoms with E-state index in [0.29, 0.717) is 5.92 Å². The van der Waals surface area contributed by atoms with Crippen molar-refractivity contribution in [2.75, 3.05) is 0 Å². The first-order valence-electron chi connectivity index (χ1n) is 5.33. The summed E-state index contributed by atoms with van der Waals surface area (Å²) in [6.45, 7) is 4.25. The molecule has 0 N–H and O–H groups in total. The van der Waals surface area contributed by atoms with Crippen molar-refractivity contribution in [1.29, 1.82) is 0 Å². The van der Waals surface area contributed by atoms with Gasteiger partial charge in [0.25, 0.3) is 0 Å². The molecule has 1 atom stereocenters. The van der Waals surface area contributed by atoms with Gasteiger partial charge in [-0.3, -0.25) is 0 Å². The Bertz CT molecular complexity index is 288. The number of carboxylic acids is 1. The lowest BCUT2D eigenvalue weighted by molar-refractivity contribution is -0.306. The summed E-state index contributed by atoms with van der Waals surface area (Å²) < 4.78 is 5.24. The van der Waals surface area contributed by atoms with Crippen LogP contribution in [0.15, 0.2) is 22.8 Å². The highest BCUT2D eigenvalue weighted by molar-refractivity contribution is 5.65. The number of hydrogen-bond acceptors (Lipinski definition) is 3. The number of carbonyl (C=O) groups is 1. The third kappa shape index (κ3) is 4.19. The van der Waals surface area contributed by atoms with E-state index < -0.39 is 5.97 Å². The Kier molecular flexibility index (Phi) is 4.40. The first-order chi connectivity index (χ1) is 7.09. The summed E-state index contributed by atoms with van der Waals surface area (Å²) in [7, 11) is 0. The van der Waals surface area contributed by atoms with Crippen molar-refractivity contribution >= 4 is 5.97 Å². The van der Waals surface area contributed by atoms with E-state index in [1.165, 1.54) is 0 Å². The van der Waals surface area contributed by atoms with Crippen LogP contribution in [-0.2, 0) is 4.79 Å². The predicted molar refractivity (Wildman–Crippen MR) is 55.1 cm³/mol. The van der Waals surface area contributed by atoms with E-state index in [2.05, 4.69) is 13.8 Å². The first kappa shape index (κ1) is 11.8. The van der Waals surface area contributed by atoms with E-state index in [1.807, 2.05) is 6.07 Å². The number of carbonyl (C=O) groups excluding carboxylic acids is 1. The summed E-state index contributed by atoms with van der Waals surface area (Å²) in [6.07, 6.45) is 3.45. The zero-order valence-corrected chi connectivity index (χ0v) is 9.23. The summed E-state index contributed by atoms with van der Waals surface area (Å²) in [5.74, 6) is 0.261. The van der Waals surface area contributed by atoms with Gasteiger partial charge >= 0.3 is 0 Å². The maximum absolute atomic E-state index is 10.6. The molecule has 84 valence electrons. The standard InChI is InChI=1S/C12H18O3/c1-9(2)5-6-10(8-12(13)14)11-4-3-7-15-11/h3-4,7,9-10H,5-6,8H2,1-2H3,(H,13,14)/p-1/t10-/m1/s1. The van der Waals surface area contributed by atoms with Gasteiger partial charge in [-0.05, 0) is 30.9 Å². The van der Waals surface area contributed by atoms with Crippen molar-refractivity contribution in [3.05, 3.63) is 24.2 Å². The third-order valence-electron chi connectivity index (χ3n) is 2.45. The smallest absolute Gasteiger partial charge is 0.107 e. The van der Waals surface area contributed by atoms with Crippen molar-refractivity contribution in [1.82, 2.24) is 0 Å². The molecule has 15 heavy (non-hydrogen) atoms. The van der Waals surface area contributed by atoms with Crippen LogP contribution in [0.4, 0.5) is 0 Å². The molecule has 1 aromatic heterocycles. The van der Waals surface area contributed by atoms with Gasteiger partial charge in [0.05, 0.1) is 6.26 Å². The Morgan fingerprint density at radius 2 is 2.20 bits per heavy atom. The molecule has 0 spiro atoms.